The van der Waals surface area contributed by atoms with Gasteiger partial charge in [-0.25, -0.2) is 0 Å². The molecule has 1 heterocycles. The van der Waals surface area contributed by atoms with Crippen molar-refractivity contribution in [1.82, 2.24) is 14.8 Å². The highest BCUT2D eigenvalue weighted by atomic mass is 35.5. The lowest BCUT2D eigenvalue weighted by molar-refractivity contribution is -0.116. The van der Waals surface area contributed by atoms with Gasteiger partial charge in [-0.3, -0.25) is 9.36 Å². The Kier molecular flexibility index (Phi) is 5.89. The molecule has 0 unspecified atom stereocenters. The van der Waals surface area contributed by atoms with Gasteiger partial charge in [0.2, 0.25) is 0 Å². The number of Topliss-reactive ketones (excluding diaryl/α,β-unsaturated/α-hetero) is 1. The van der Waals surface area contributed by atoms with Gasteiger partial charge in [0.15, 0.2) is 11.0 Å². The molecule has 0 aliphatic heterocycles. The second kappa shape index (κ2) is 8.32. The number of carbonyl (C=O) groups is 1. The minimum Gasteiger partial charge on any atom is -0.299 e. The third-order valence-corrected chi connectivity index (χ3v) is 5.13. The molecule has 0 N–H and O–H groups in total. The van der Waals surface area contributed by atoms with E-state index in [0.29, 0.717) is 29.6 Å². The first-order valence-corrected chi connectivity index (χ1v) is 9.42. The van der Waals surface area contributed by atoms with Crippen LogP contribution in [0.5, 0.6) is 0 Å². The van der Waals surface area contributed by atoms with Gasteiger partial charge in [0, 0.05) is 12.0 Å². The molecule has 0 atom stereocenters. The summed E-state index contributed by atoms with van der Waals surface area (Å²) in [6.07, 6.45) is 0.525. The molecule has 0 spiro atoms. The second-order valence-corrected chi connectivity index (χ2v) is 6.89. The van der Waals surface area contributed by atoms with Crippen LogP contribution in [0.4, 0.5) is 0 Å². The van der Waals surface area contributed by atoms with Crippen molar-refractivity contribution in [3.63, 3.8) is 0 Å². The molecule has 6 heteroatoms. The first kappa shape index (κ1) is 17.7. The van der Waals surface area contributed by atoms with E-state index in [0.717, 1.165) is 16.3 Å². The Hall–Kier alpha value is -2.11. The lowest BCUT2D eigenvalue weighted by atomic mass is 10.2. The zero-order chi connectivity index (χ0) is 17.6. The molecule has 0 saturated carbocycles. The van der Waals surface area contributed by atoms with E-state index in [1.165, 1.54) is 11.8 Å². The average molecular weight is 372 g/mol. The average Bonchev–Trinajstić information content (AvgIpc) is 3.03. The number of rotatable bonds is 7. The minimum absolute atomic E-state index is 0.193. The molecular formula is C19H18ClN3OS. The first-order chi connectivity index (χ1) is 12.2. The van der Waals surface area contributed by atoms with Gasteiger partial charge in [0.25, 0.3) is 0 Å². The highest BCUT2D eigenvalue weighted by Crippen LogP contribution is 2.30. The highest BCUT2D eigenvalue weighted by Gasteiger charge is 2.17. The second-order valence-electron chi connectivity index (χ2n) is 5.54. The number of aromatic nitrogens is 3. The topological polar surface area (TPSA) is 47.8 Å². The zero-order valence-corrected chi connectivity index (χ0v) is 15.4. The van der Waals surface area contributed by atoms with Crippen LogP contribution in [0.25, 0.3) is 11.4 Å². The smallest absolute Gasteiger partial charge is 0.192 e. The molecule has 3 rings (SSSR count). The van der Waals surface area contributed by atoms with Crippen LogP contribution in [0.1, 0.15) is 18.9 Å². The maximum Gasteiger partial charge on any atom is 0.192 e. The van der Waals surface area contributed by atoms with Crippen LogP contribution in [0.15, 0.2) is 59.8 Å². The summed E-state index contributed by atoms with van der Waals surface area (Å²) in [5.41, 5.74) is 1.97. The van der Waals surface area contributed by atoms with Gasteiger partial charge in [-0.15, -0.1) is 10.2 Å². The van der Waals surface area contributed by atoms with E-state index in [1.807, 2.05) is 54.0 Å². The summed E-state index contributed by atoms with van der Waals surface area (Å²) >= 11 is 7.77. The lowest BCUT2D eigenvalue weighted by Gasteiger charge is -2.11. The fourth-order valence-electron chi connectivity index (χ4n) is 2.39. The predicted octanol–water partition coefficient (Wildman–Crippen LogP) is 4.72. The molecule has 2 aromatic carbocycles. The standard InChI is InChI=1S/C19H18ClN3OS/c1-2-15(24)13-25-19-22-21-18(16-10-6-7-11-17(16)20)23(19)12-14-8-4-3-5-9-14/h3-11H,2,12-13H2,1H3. The van der Waals surface area contributed by atoms with Gasteiger partial charge in [-0.1, -0.05) is 72.8 Å². The number of hydrogen-bond acceptors (Lipinski definition) is 4. The molecule has 0 amide bonds. The van der Waals surface area contributed by atoms with Gasteiger partial charge in [0.05, 0.1) is 17.3 Å². The third kappa shape index (κ3) is 4.30. The van der Waals surface area contributed by atoms with Crippen molar-refractivity contribution < 1.29 is 4.79 Å². The molecule has 0 bridgehead atoms. The Morgan fingerprint density at radius 1 is 1.08 bits per heavy atom. The molecule has 0 radical (unpaired) electrons. The maximum atomic E-state index is 11.7. The van der Waals surface area contributed by atoms with E-state index in [9.17, 15) is 4.79 Å². The van der Waals surface area contributed by atoms with Crippen LogP contribution in [0.3, 0.4) is 0 Å². The van der Waals surface area contributed by atoms with Crippen LogP contribution < -0.4 is 0 Å². The zero-order valence-electron chi connectivity index (χ0n) is 13.9. The van der Waals surface area contributed by atoms with Crippen molar-refractivity contribution in [3.05, 3.63) is 65.2 Å². The summed E-state index contributed by atoms with van der Waals surface area (Å²) in [6.45, 7) is 2.49. The Labute approximate surface area is 156 Å². The van der Waals surface area contributed by atoms with E-state index in [4.69, 9.17) is 11.6 Å². The number of nitrogens with zero attached hydrogens (tertiary/aromatic N) is 3. The van der Waals surface area contributed by atoms with Gasteiger partial charge in [0.1, 0.15) is 5.78 Å². The minimum atomic E-state index is 0.193. The highest BCUT2D eigenvalue weighted by molar-refractivity contribution is 7.99. The van der Waals surface area contributed by atoms with E-state index < -0.39 is 0 Å². The largest absolute Gasteiger partial charge is 0.299 e. The molecule has 1 aromatic heterocycles. The Morgan fingerprint density at radius 3 is 2.52 bits per heavy atom. The fraction of sp³-hybridized carbons (Fsp3) is 0.211. The van der Waals surface area contributed by atoms with E-state index in [-0.39, 0.29) is 5.78 Å². The molecule has 0 saturated heterocycles. The van der Waals surface area contributed by atoms with Crippen molar-refractivity contribution in [2.24, 2.45) is 0 Å². The van der Waals surface area contributed by atoms with Crippen molar-refractivity contribution in [1.29, 1.82) is 0 Å². The van der Waals surface area contributed by atoms with Gasteiger partial charge in [-0.2, -0.15) is 0 Å². The van der Waals surface area contributed by atoms with Crippen molar-refractivity contribution in [2.45, 2.75) is 25.0 Å². The molecule has 0 fully saturated rings. The monoisotopic (exact) mass is 371 g/mol. The molecule has 3 aromatic rings. The number of carbonyl (C=O) groups excluding carboxylic acids is 1. The fourth-order valence-corrected chi connectivity index (χ4v) is 3.51. The van der Waals surface area contributed by atoms with Crippen molar-refractivity contribution in [3.8, 4) is 11.4 Å². The lowest BCUT2D eigenvalue weighted by Crippen LogP contribution is -2.06. The number of thioether (sulfide) groups is 1. The van der Waals surface area contributed by atoms with E-state index in [1.54, 1.807) is 0 Å². The van der Waals surface area contributed by atoms with Crippen LogP contribution in [0, 0.1) is 0 Å². The quantitative estimate of drug-likeness (QED) is 0.564. The third-order valence-electron chi connectivity index (χ3n) is 3.77. The van der Waals surface area contributed by atoms with Crippen LogP contribution in [-0.2, 0) is 11.3 Å². The number of hydrogen-bond donors (Lipinski definition) is 0. The molecular weight excluding hydrogens is 354 g/mol. The van der Waals surface area contributed by atoms with Crippen LogP contribution in [-0.4, -0.2) is 26.3 Å². The number of ketones is 1. The van der Waals surface area contributed by atoms with Gasteiger partial charge < -0.3 is 0 Å². The molecule has 4 nitrogen and oxygen atoms in total. The Morgan fingerprint density at radius 2 is 1.80 bits per heavy atom. The SMILES string of the molecule is CCC(=O)CSc1nnc(-c2ccccc2Cl)n1Cc1ccccc1. The summed E-state index contributed by atoms with van der Waals surface area (Å²) in [5.74, 6) is 1.30. The van der Waals surface area contributed by atoms with Crippen LogP contribution >= 0.6 is 23.4 Å². The summed E-state index contributed by atoms with van der Waals surface area (Å²) in [4.78, 5) is 11.7. The molecule has 128 valence electrons. The summed E-state index contributed by atoms with van der Waals surface area (Å²) in [7, 11) is 0. The van der Waals surface area contributed by atoms with E-state index >= 15 is 0 Å². The van der Waals surface area contributed by atoms with Gasteiger partial charge >= 0.3 is 0 Å². The Bertz CT molecular complexity index is 864. The molecule has 25 heavy (non-hydrogen) atoms. The predicted molar refractivity (Wildman–Crippen MR) is 102 cm³/mol. The first-order valence-electron chi connectivity index (χ1n) is 8.05. The number of benzene rings is 2. The van der Waals surface area contributed by atoms with Crippen LogP contribution in [0.2, 0.25) is 5.02 Å². The van der Waals surface area contributed by atoms with Crippen molar-refractivity contribution >= 4 is 29.1 Å². The number of halogens is 1. The molecule has 0 aliphatic rings. The summed E-state index contributed by atoms with van der Waals surface area (Å²) in [6, 6.07) is 17.7. The van der Waals surface area contributed by atoms with E-state index in [2.05, 4.69) is 22.3 Å². The van der Waals surface area contributed by atoms with Gasteiger partial charge in [-0.05, 0) is 17.7 Å². The summed E-state index contributed by atoms with van der Waals surface area (Å²) in [5, 5.41) is 10.00. The Balaban J connectivity index is 1.99. The summed E-state index contributed by atoms with van der Waals surface area (Å²) < 4.78 is 2.02. The maximum absolute atomic E-state index is 11.7. The molecule has 0 aliphatic carbocycles. The van der Waals surface area contributed by atoms with Crippen molar-refractivity contribution in [2.75, 3.05) is 5.75 Å². The normalized spacial score (nSPS) is 10.8.